The minimum atomic E-state index is -0.612. The molecule has 200 valence electrons. The molecule has 0 unspecified atom stereocenters. The summed E-state index contributed by atoms with van der Waals surface area (Å²) in [6.45, 7) is 4.45. The van der Waals surface area contributed by atoms with Crippen LogP contribution in [0.15, 0.2) is 46.9 Å². The van der Waals surface area contributed by atoms with Crippen molar-refractivity contribution in [3.05, 3.63) is 59.5 Å². The lowest BCUT2D eigenvalue weighted by Crippen LogP contribution is -2.55. The normalized spacial score (nSPS) is 24.4. The van der Waals surface area contributed by atoms with Gasteiger partial charge in [0.2, 0.25) is 5.91 Å². The van der Waals surface area contributed by atoms with Gasteiger partial charge in [-0.25, -0.2) is 0 Å². The van der Waals surface area contributed by atoms with Crippen LogP contribution in [-0.4, -0.2) is 93.7 Å². The van der Waals surface area contributed by atoms with Gasteiger partial charge in [-0.3, -0.25) is 14.5 Å². The van der Waals surface area contributed by atoms with Crippen LogP contribution in [0, 0.1) is 0 Å². The highest BCUT2D eigenvalue weighted by Gasteiger charge is 2.41. The molecule has 3 fully saturated rings. The molecular formula is C28H38N4O5. The number of nitrogens with zero attached hydrogens (tertiary/aromatic N) is 3. The minimum Gasteiger partial charge on any atom is -0.453 e. The first-order valence-electron chi connectivity index (χ1n) is 13.5. The zero-order valence-corrected chi connectivity index (χ0v) is 21.3. The molecule has 0 saturated carbocycles. The Labute approximate surface area is 218 Å². The van der Waals surface area contributed by atoms with Gasteiger partial charge in [-0.05, 0) is 49.8 Å². The molecule has 0 bridgehead atoms. The number of furan rings is 1. The van der Waals surface area contributed by atoms with Crippen LogP contribution in [0.4, 0.5) is 0 Å². The van der Waals surface area contributed by atoms with Gasteiger partial charge in [-0.15, -0.1) is 0 Å². The topological polar surface area (TPSA) is 109 Å². The lowest BCUT2D eigenvalue weighted by Gasteiger charge is -2.42. The van der Waals surface area contributed by atoms with Gasteiger partial charge in [-0.1, -0.05) is 30.3 Å². The summed E-state index contributed by atoms with van der Waals surface area (Å²) in [7, 11) is 0. The van der Waals surface area contributed by atoms with Crippen LogP contribution in [0.5, 0.6) is 0 Å². The molecule has 9 nitrogen and oxygen atoms in total. The first kappa shape index (κ1) is 25.9. The van der Waals surface area contributed by atoms with Crippen molar-refractivity contribution in [2.75, 3.05) is 32.7 Å². The Morgan fingerprint density at radius 1 is 0.919 bits per heavy atom. The smallest absolute Gasteiger partial charge is 0.287 e. The third-order valence-electron chi connectivity index (χ3n) is 8.15. The summed E-state index contributed by atoms with van der Waals surface area (Å²) in [4.78, 5) is 32.4. The molecule has 0 aliphatic carbocycles. The predicted molar refractivity (Wildman–Crippen MR) is 138 cm³/mol. The van der Waals surface area contributed by atoms with Crippen LogP contribution in [0.2, 0.25) is 0 Å². The maximum Gasteiger partial charge on any atom is 0.287 e. The van der Waals surface area contributed by atoms with E-state index in [4.69, 9.17) is 9.52 Å². The van der Waals surface area contributed by atoms with Gasteiger partial charge < -0.3 is 29.7 Å². The number of aliphatic hydroxyl groups excluding tert-OH is 2. The molecular weight excluding hydrogens is 472 g/mol. The number of nitrogens with one attached hydrogen (secondary N) is 1. The molecule has 2 amide bonds. The fraction of sp³-hybridized carbons (Fsp3) is 0.571. The predicted octanol–water partition coefficient (Wildman–Crippen LogP) is 1.59. The van der Waals surface area contributed by atoms with Crippen molar-refractivity contribution < 1.29 is 24.2 Å². The molecule has 0 radical (unpaired) electrons. The molecule has 9 heteroatoms. The molecule has 37 heavy (non-hydrogen) atoms. The van der Waals surface area contributed by atoms with Crippen LogP contribution in [0.3, 0.4) is 0 Å². The zero-order chi connectivity index (χ0) is 25.8. The maximum absolute atomic E-state index is 13.4. The van der Waals surface area contributed by atoms with E-state index >= 15 is 0 Å². The van der Waals surface area contributed by atoms with Crippen LogP contribution in [0.25, 0.3) is 0 Å². The van der Waals surface area contributed by atoms with Crippen molar-refractivity contribution in [3.8, 4) is 0 Å². The van der Waals surface area contributed by atoms with E-state index in [0.717, 1.165) is 50.9 Å². The number of hydrogen-bond acceptors (Lipinski definition) is 7. The molecule has 3 aliphatic rings. The molecule has 0 spiro atoms. The third kappa shape index (κ3) is 6.06. The lowest BCUT2D eigenvalue weighted by molar-refractivity contribution is -0.140. The summed E-state index contributed by atoms with van der Waals surface area (Å²) in [5.41, 5.74) is 1.16. The fourth-order valence-corrected chi connectivity index (χ4v) is 6.04. The Bertz CT molecular complexity index is 1040. The van der Waals surface area contributed by atoms with Crippen molar-refractivity contribution in [2.24, 2.45) is 0 Å². The number of carbonyl (C=O) groups is 2. The molecule has 3 saturated heterocycles. The van der Waals surface area contributed by atoms with Gasteiger partial charge in [0, 0.05) is 51.4 Å². The first-order valence-corrected chi connectivity index (χ1v) is 13.5. The Kier molecular flexibility index (Phi) is 8.24. The van der Waals surface area contributed by atoms with Crippen LogP contribution >= 0.6 is 0 Å². The zero-order valence-electron chi connectivity index (χ0n) is 21.3. The van der Waals surface area contributed by atoms with Gasteiger partial charge in [-0.2, -0.15) is 0 Å². The summed E-state index contributed by atoms with van der Waals surface area (Å²) < 4.78 is 5.34. The van der Waals surface area contributed by atoms with Gasteiger partial charge in [0.05, 0.1) is 6.10 Å². The Hall–Kier alpha value is -2.72. The van der Waals surface area contributed by atoms with E-state index in [2.05, 4.69) is 27.2 Å². The average molecular weight is 511 g/mol. The number of benzene rings is 1. The standard InChI is InChI=1S/C28H38N4O5/c33-19-23-6-7-25(37-23)27(35)29-21-8-13-30(14-9-21)22-10-15-31(16-11-22)28(36)26-24(34)12-17-32(26)18-20-4-2-1-3-5-20/h1-7,21-22,24,26,33-34H,8-19H2,(H,29,35)/t24-,26-/m0/s1. The number of hydrogen-bond donors (Lipinski definition) is 3. The lowest BCUT2D eigenvalue weighted by atomic mass is 9.97. The summed E-state index contributed by atoms with van der Waals surface area (Å²) in [6.07, 6.45) is 3.64. The van der Waals surface area contributed by atoms with E-state index in [1.807, 2.05) is 23.1 Å². The largest absolute Gasteiger partial charge is 0.453 e. The summed E-state index contributed by atoms with van der Waals surface area (Å²) >= 11 is 0. The van der Waals surface area contributed by atoms with E-state index in [9.17, 15) is 14.7 Å². The van der Waals surface area contributed by atoms with Crippen LogP contribution < -0.4 is 5.32 Å². The molecule has 1 aromatic carbocycles. The number of likely N-dealkylation sites (tertiary alicyclic amines) is 3. The number of rotatable bonds is 7. The highest BCUT2D eigenvalue weighted by atomic mass is 16.4. The van der Waals surface area contributed by atoms with E-state index in [-0.39, 0.29) is 30.2 Å². The molecule has 5 rings (SSSR count). The van der Waals surface area contributed by atoms with Crippen molar-refractivity contribution >= 4 is 11.8 Å². The van der Waals surface area contributed by atoms with E-state index in [0.29, 0.717) is 37.9 Å². The van der Waals surface area contributed by atoms with Crippen LogP contribution in [-0.2, 0) is 17.9 Å². The van der Waals surface area contributed by atoms with Crippen molar-refractivity contribution in [3.63, 3.8) is 0 Å². The fourth-order valence-electron chi connectivity index (χ4n) is 6.04. The second kappa shape index (κ2) is 11.8. The van der Waals surface area contributed by atoms with Gasteiger partial charge >= 0.3 is 0 Å². The monoisotopic (exact) mass is 510 g/mol. The summed E-state index contributed by atoms with van der Waals surface area (Å²) in [5, 5.41) is 22.8. The Morgan fingerprint density at radius 3 is 2.32 bits per heavy atom. The highest BCUT2D eigenvalue weighted by Crippen LogP contribution is 2.26. The molecule has 3 N–H and O–H groups in total. The molecule has 2 atom stereocenters. The van der Waals surface area contributed by atoms with E-state index in [1.165, 1.54) is 0 Å². The van der Waals surface area contributed by atoms with Crippen molar-refractivity contribution in [1.29, 1.82) is 0 Å². The maximum atomic E-state index is 13.4. The SMILES string of the molecule is O=C(NC1CCN(C2CCN(C(=O)[C@@H]3[C@@H](O)CCN3Cc3ccccc3)CC2)CC1)c1ccc(CO)o1. The quantitative estimate of drug-likeness (QED) is 0.519. The van der Waals surface area contributed by atoms with E-state index in [1.54, 1.807) is 12.1 Å². The molecule has 1 aromatic heterocycles. The van der Waals surface area contributed by atoms with Gasteiger partial charge in [0.15, 0.2) is 5.76 Å². The van der Waals surface area contributed by atoms with E-state index < -0.39 is 12.1 Å². The second-order valence-electron chi connectivity index (χ2n) is 10.5. The second-order valence-corrected chi connectivity index (χ2v) is 10.5. The Balaban J connectivity index is 1.07. The molecule has 4 heterocycles. The Morgan fingerprint density at radius 2 is 1.65 bits per heavy atom. The summed E-state index contributed by atoms with van der Waals surface area (Å²) in [6, 6.07) is 13.4. The van der Waals surface area contributed by atoms with Crippen molar-refractivity contribution in [1.82, 2.24) is 20.0 Å². The van der Waals surface area contributed by atoms with Crippen LogP contribution in [0.1, 0.15) is 54.0 Å². The number of carbonyl (C=O) groups excluding carboxylic acids is 2. The van der Waals surface area contributed by atoms with Gasteiger partial charge in [0.25, 0.3) is 5.91 Å². The average Bonchev–Trinajstić information content (AvgIpc) is 3.56. The third-order valence-corrected chi connectivity index (χ3v) is 8.15. The molecule has 3 aliphatic heterocycles. The number of aliphatic hydroxyl groups is 2. The highest BCUT2D eigenvalue weighted by molar-refractivity contribution is 5.91. The minimum absolute atomic E-state index is 0.0584. The molecule has 2 aromatic rings. The van der Waals surface area contributed by atoms with Crippen molar-refractivity contribution in [2.45, 2.75) is 69.5 Å². The van der Waals surface area contributed by atoms with Gasteiger partial charge in [0.1, 0.15) is 18.4 Å². The first-order chi connectivity index (χ1) is 18.0. The number of amides is 2. The summed E-state index contributed by atoms with van der Waals surface area (Å²) in [5.74, 6) is 0.442. The number of piperidine rings is 2.